The fourth-order valence-corrected chi connectivity index (χ4v) is 3.98. The van der Waals surface area contributed by atoms with E-state index in [4.69, 9.17) is 4.42 Å². The number of nitrogens with zero attached hydrogens (tertiary/aromatic N) is 3. The van der Waals surface area contributed by atoms with Crippen LogP contribution in [-0.4, -0.2) is 15.2 Å². The smallest absolute Gasteiger partial charge is 0.316 e. The Morgan fingerprint density at radius 2 is 2.10 bits per heavy atom. The summed E-state index contributed by atoms with van der Waals surface area (Å²) in [6.07, 6.45) is 7.06. The van der Waals surface area contributed by atoms with Crippen LogP contribution < -0.4 is 5.32 Å². The molecule has 106 valence electrons. The van der Waals surface area contributed by atoms with Crippen molar-refractivity contribution in [3.8, 4) is 0 Å². The van der Waals surface area contributed by atoms with E-state index < -0.39 is 0 Å². The Balaban J connectivity index is 1.52. The molecule has 1 atom stereocenters. The third-order valence-electron chi connectivity index (χ3n) is 4.25. The summed E-state index contributed by atoms with van der Waals surface area (Å²) in [6.45, 7) is 2.07. The van der Waals surface area contributed by atoms with Crippen molar-refractivity contribution < 1.29 is 4.42 Å². The largest absolute Gasteiger partial charge is 0.408 e. The summed E-state index contributed by atoms with van der Waals surface area (Å²) < 4.78 is 5.75. The van der Waals surface area contributed by atoms with E-state index in [1.165, 1.54) is 36.3 Å². The first-order valence-electron chi connectivity index (χ1n) is 7.36. The van der Waals surface area contributed by atoms with Gasteiger partial charge in [0.05, 0.1) is 16.7 Å². The van der Waals surface area contributed by atoms with E-state index in [-0.39, 0.29) is 6.04 Å². The van der Waals surface area contributed by atoms with Crippen LogP contribution in [0, 0.1) is 6.92 Å². The van der Waals surface area contributed by atoms with Gasteiger partial charge in [0.2, 0.25) is 5.89 Å². The lowest BCUT2D eigenvalue weighted by atomic mass is 9.85. The fourth-order valence-electron chi connectivity index (χ4n) is 2.94. The standard InChI is InChI=1S/C14H18N4OS/c1-8-15-12-10(6-3-7-11(12)20-8)16-14-18-17-13(19-14)9-4-2-5-9/h9-10H,2-7H2,1H3,(H,16,18)/t10-/m1/s1. The quantitative estimate of drug-likeness (QED) is 0.935. The molecule has 2 aromatic rings. The van der Waals surface area contributed by atoms with Crippen LogP contribution in [0.25, 0.3) is 0 Å². The number of anilines is 1. The lowest BCUT2D eigenvalue weighted by Gasteiger charge is -2.22. The lowest BCUT2D eigenvalue weighted by molar-refractivity contribution is 0.337. The van der Waals surface area contributed by atoms with Gasteiger partial charge in [0.15, 0.2) is 0 Å². The fraction of sp³-hybridized carbons (Fsp3) is 0.643. The molecule has 6 heteroatoms. The van der Waals surface area contributed by atoms with E-state index in [2.05, 4.69) is 27.4 Å². The molecular formula is C14H18N4OS. The topological polar surface area (TPSA) is 63.8 Å². The van der Waals surface area contributed by atoms with Crippen LogP contribution in [0.1, 0.15) is 65.5 Å². The molecule has 1 fully saturated rings. The molecular weight excluding hydrogens is 272 g/mol. The Hall–Kier alpha value is -1.43. The molecule has 2 aliphatic rings. The number of hydrogen-bond donors (Lipinski definition) is 1. The molecule has 0 bridgehead atoms. The summed E-state index contributed by atoms with van der Waals surface area (Å²) in [6, 6.07) is 0.772. The van der Waals surface area contributed by atoms with Crippen molar-refractivity contribution in [2.24, 2.45) is 0 Å². The Bertz CT molecular complexity index is 616. The van der Waals surface area contributed by atoms with Gasteiger partial charge in [-0.15, -0.1) is 16.4 Å². The maximum atomic E-state index is 5.75. The Morgan fingerprint density at radius 1 is 1.20 bits per heavy atom. The molecule has 2 aromatic heterocycles. The predicted molar refractivity (Wildman–Crippen MR) is 77.0 cm³/mol. The van der Waals surface area contributed by atoms with Crippen molar-refractivity contribution in [3.05, 3.63) is 21.5 Å². The summed E-state index contributed by atoms with van der Waals surface area (Å²) in [4.78, 5) is 6.07. The van der Waals surface area contributed by atoms with Gasteiger partial charge in [-0.3, -0.25) is 0 Å². The monoisotopic (exact) mass is 290 g/mol. The summed E-state index contributed by atoms with van der Waals surface area (Å²) in [7, 11) is 0. The van der Waals surface area contributed by atoms with Crippen LogP contribution >= 0.6 is 11.3 Å². The highest BCUT2D eigenvalue weighted by Gasteiger charge is 2.28. The van der Waals surface area contributed by atoms with Gasteiger partial charge in [0, 0.05) is 10.8 Å². The predicted octanol–water partition coefficient (Wildman–Crippen LogP) is 3.59. The molecule has 1 N–H and O–H groups in total. The molecule has 1 saturated carbocycles. The van der Waals surface area contributed by atoms with Crippen molar-refractivity contribution in [2.75, 3.05) is 5.32 Å². The minimum Gasteiger partial charge on any atom is -0.408 e. The van der Waals surface area contributed by atoms with Gasteiger partial charge in [0.1, 0.15) is 0 Å². The number of thiazole rings is 1. The molecule has 0 radical (unpaired) electrons. The van der Waals surface area contributed by atoms with E-state index in [1.54, 1.807) is 0 Å². The minimum atomic E-state index is 0.221. The van der Waals surface area contributed by atoms with Crippen LogP contribution in [0.15, 0.2) is 4.42 Å². The lowest BCUT2D eigenvalue weighted by Crippen LogP contribution is -2.17. The summed E-state index contributed by atoms with van der Waals surface area (Å²) in [5.74, 6) is 1.28. The second kappa shape index (κ2) is 4.84. The van der Waals surface area contributed by atoms with E-state index >= 15 is 0 Å². The number of fused-ring (bicyclic) bond motifs is 1. The Kier molecular flexibility index (Phi) is 2.98. The number of aryl methyl sites for hydroxylation is 2. The molecule has 0 spiro atoms. The molecule has 20 heavy (non-hydrogen) atoms. The second-order valence-corrected chi connectivity index (χ2v) is 6.99. The minimum absolute atomic E-state index is 0.221. The summed E-state index contributed by atoms with van der Waals surface area (Å²) in [5, 5.41) is 12.8. The number of rotatable bonds is 3. The zero-order valence-corrected chi connectivity index (χ0v) is 12.4. The van der Waals surface area contributed by atoms with Crippen LogP contribution in [0.5, 0.6) is 0 Å². The highest BCUT2D eigenvalue weighted by Crippen LogP contribution is 2.38. The van der Waals surface area contributed by atoms with E-state index in [0.29, 0.717) is 11.9 Å². The molecule has 0 aliphatic heterocycles. The van der Waals surface area contributed by atoms with E-state index in [9.17, 15) is 0 Å². The van der Waals surface area contributed by atoms with Gasteiger partial charge in [-0.2, -0.15) is 0 Å². The molecule has 4 rings (SSSR count). The normalized spacial score (nSPS) is 22.4. The highest BCUT2D eigenvalue weighted by molar-refractivity contribution is 7.11. The van der Waals surface area contributed by atoms with Crippen LogP contribution in [0.2, 0.25) is 0 Å². The first-order chi connectivity index (χ1) is 9.79. The first-order valence-corrected chi connectivity index (χ1v) is 8.17. The number of hydrogen-bond acceptors (Lipinski definition) is 6. The third kappa shape index (κ3) is 2.12. The summed E-state index contributed by atoms with van der Waals surface area (Å²) >= 11 is 1.81. The molecule has 0 amide bonds. The zero-order chi connectivity index (χ0) is 13.5. The zero-order valence-electron chi connectivity index (χ0n) is 11.6. The van der Waals surface area contributed by atoms with Crippen molar-refractivity contribution >= 4 is 17.4 Å². The van der Waals surface area contributed by atoms with Gasteiger partial charge in [-0.05, 0) is 39.0 Å². The molecule has 2 heterocycles. The van der Waals surface area contributed by atoms with Crippen LogP contribution in [-0.2, 0) is 6.42 Å². The Labute approximate surface area is 121 Å². The Morgan fingerprint density at radius 3 is 2.90 bits per heavy atom. The van der Waals surface area contributed by atoms with Gasteiger partial charge >= 0.3 is 6.01 Å². The third-order valence-corrected chi connectivity index (χ3v) is 5.30. The van der Waals surface area contributed by atoms with Crippen LogP contribution in [0.3, 0.4) is 0 Å². The van der Waals surface area contributed by atoms with Gasteiger partial charge in [-0.1, -0.05) is 11.5 Å². The second-order valence-electron chi connectivity index (χ2n) is 5.70. The van der Waals surface area contributed by atoms with Crippen molar-refractivity contribution in [1.29, 1.82) is 0 Å². The van der Waals surface area contributed by atoms with Gasteiger partial charge in [-0.25, -0.2) is 4.98 Å². The van der Waals surface area contributed by atoms with Gasteiger partial charge < -0.3 is 9.73 Å². The number of aromatic nitrogens is 3. The molecule has 0 unspecified atom stereocenters. The van der Waals surface area contributed by atoms with E-state index in [1.807, 2.05) is 11.3 Å². The first kappa shape index (κ1) is 12.3. The van der Waals surface area contributed by atoms with E-state index in [0.717, 1.165) is 23.7 Å². The van der Waals surface area contributed by atoms with Crippen molar-refractivity contribution in [3.63, 3.8) is 0 Å². The van der Waals surface area contributed by atoms with Crippen molar-refractivity contribution in [2.45, 2.75) is 57.4 Å². The van der Waals surface area contributed by atoms with Crippen LogP contribution in [0.4, 0.5) is 6.01 Å². The average molecular weight is 290 g/mol. The molecule has 2 aliphatic carbocycles. The van der Waals surface area contributed by atoms with Gasteiger partial charge in [0.25, 0.3) is 0 Å². The molecule has 0 saturated heterocycles. The molecule has 0 aromatic carbocycles. The summed E-state index contributed by atoms with van der Waals surface area (Å²) in [5.41, 5.74) is 1.18. The van der Waals surface area contributed by atoms with Crippen molar-refractivity contribution in [1.82, 2.24) is 15.2 Å². The SMILES string of the molecule is Cc1nc2c(s1)CCC[C@H]2Nc1nnc(C2CCC2)o1. The maximum absolute atomic E-state index is 5.75. The average Bonchev–Trinajstić information content (AvgIpc) is 2.94. The molecule has 5 nitrogen and oxygen atoms in total. The number of nitrogens with one attached hydrogen (secondary N) is 1. The maximum Gasteiger partial charge on any atom is 0.316 e. The highest BCUT2D eigenvalue weighted by atomic mass is 32.1.